The molecule has 0 radical (unpaired) electrons. The predicted octanol–water partition coefficient (Wildman–Crippen LogP) is 3.66. The van der Waals surface area contributed by atoms with Crippen molar-refractivity contribution in [1.82, 2.24) is 14.5 Å². The van der Waals surface area contributed by atoms with Crippen molar-refractivity contribution in [3.8, 4) is 0 Å². The Bertz CT molecular complexity index is 1260. The Morgan fingerprint density at radius 1 is 1.09 bits per heavy atom. The molecule has 8 nitrogen and oxygen atoms in total. The Kier molecular flexibility index (Phi) is 6.13. The van der Waals surface area contributed by atoms with E-state index in [0.29, 0.717) is 35.6 Å². The third-order valence-electron chi connectivity index (χ3n) is 5.09. The highest BCUT2D eigenvalue weighted by molar-refractivity contribution is 7.89. The number of nitrogens with zero attached hydrogens (tertiary/aromatic N) is 3. The molecule has 1 fully saturated rings. The van der Waals surface area contributed by atoms with Crippen molar-refractivity contribution in [3.05, 3.63) is 69.9 Å². The largest absolute Gasteiger partial charge is 0.320 e. The van der Waals surface area contributed by atoms with E-state index in [1.54, 1.807) is 0 Å². The predicted molar refractivity (Wildman–Crippen MR) is 117 cm³/mol. The molecular weight excluding hydrogens is 455 g/mol. The van der Waals surface area contributed by atoms with Gasteiger partial charge in [-0.25, -0.2) is 12.8 Å². The number of aromatic nitrogens is 2. The van der Waals surface area contributed by atoms with Crippen LogP contribution in [0.25, 0.3) is 0 Å². The molecule has 1 atom stereocenters. The molecule has 1 saturated heterocycles. The normalized spacial score (nSPS) is 16.8. The molecule has 0 spiro atoms. The molecule has 1 amide bonds. The van der Waals surface area contributed by atoms with Crippen LogP contribution in [0.15, 0.2) is 53.4 Å². The highest BCUT2D eigenvalue weighted by Gasteiger charge is 2.38. The first kappa shape index (κ1) is 22.2. The first-order valence-electron chi connectivity index (χ1n) is 9.79. The molecule has 3 aromatic rings. The maximum absolute atomic E-state index is 13.2. The van der Waals surface area contributed by atoms with Crippen LogP contribution in [-0.2, 0) is 10.0 Å². The molecule has 1 aromatic heterocycles. The first-order chi connectivity index (χ1) is 15.3. The minimum Gasteiger partial charge on any atom is -0.320 e. The zero-order chi connectivity index (χ0) is 22.9. The van der Waals surface area contributed by atoms with E-state index in [0.717, 1.165) is 11.3 Å². The van der Waals surface area contributed by atoms with E-state index in [2.05, 4.69) is 15.5 Å². The molecule has 1 aliphatic rings. The molecule has 2 heterocycles. The summed E-state index contributed by atoms with van der Waals surface area (Å²) in [6, 6.07) is 10.6. The Labute approximate surface area is 188 Å². The van der Waals surface area contributed by atoms with Gasteiger partial charge in [-0.15, -0.1) is 10.2 Å². The van der Waals surface area contributed by atoms with Crippen molar-refractivity contribution < 1.29 is 22.4 Å². The van der Waals surface area contributed by atoms with Crippen LogP contribution in [0.3, 0.4) is 0 Å². The first-order valence-corrected chi connectivity index (χ1v) is 12.0. The van der Waals surface area contributed by atoms with Crippen LogP contribution in [-0.4, -0.2) is 41.2 Å². The van der Waals surface area contributed by atoms with Gasteiger partial charge in [0.15, 0.2) is 5.78 Å². The standard InChI is InChI=1S/C21H19FN4O4S2/c1-13(27)14-4-10-17(11-5-14)32(29,30)26-12-2-3-18(26)20-24-25-21(31-20)19(28)23-16-8-6-15(22)7-9-16/h4-11,18H,2-3,12H2,1H3,(H,23,28)/t18-/m0/s1. The van der Waals surface area contributed by atoms with Gasteiger partial charge < -0.3 is 5.32 Å². The Morgan fingerprint density at radius 2 is 1.78 bits per heavy atom. The number of benzene rings is 2. The average molecular weight is 475 g/mol. The van der Waals surface area contributed by atoms with Crippen LogP contribution in [0.2, 0.25) is 0 Å². The second-order valence-corrected chi connectivity index (χ2v) is 10.2. The van der Waals surface area contributed by atoms with Gasteiger partial charge in [-0.05, 0) is 56.2 Å². The van der Waals surface area contributed by atoms with Crippen molar-refractivity contribution in [1.29, 1.82) is 0 Å². The number of rotatable bonds is 6. The number of nitrogens with one attached hydrogen (secondary N) is 1. The smallest absolute Gasteiger partial charge is 0.286 e. The van der Waals surface area contributed by atoms with Crippen molar-refractivity contribution in [3.63, 3.8) is 0 Å². The van der Waals surface area contributed by atoms with E-state index in [-0.39, 0.29) is 15.7 Å². The van der Waals surface area contributed by atoms with E-state index >= 15 is 0 Å². The fourth-order valence-corrected chi connectivity index (χ4v) is 6.06. The number of hydrogen-bond acceptors (Lipinski definition) is 7. The lowest BCUT2D eigenvalue weighted by atomic mass is 10.2. The number of hydrogen-bond donors (Lipinski definition) is 1. The number of Topliss-reactive ketones (excluding diaryl/α,β-unsaturated/α-hetero) is 1. The van der Waals surface area contributed by atoms with Gasteiger partial charge in [-0.1, -0.05) is 23.5 Å². The highest BCUT2D eigenvalue weighted by Crippen LogP contribution is 2.37. The number of halogens is 1. The number of amides is 1. The lowest BCUT2D eigenvalue weighted by Crippen LogP contribution is -2.30. The van der Waals surface area contributed by atoms with Crippen molar-refractivity contribution >= 4 is 38.7 Å². The van der Waals surface area contributed by atoms with Gasteiger partial charge in [-0.2, -0.15) is 4.31 Å². The molecule has 0 bridgehead atoms. The third kappa shape index (κ3) is 4.45. The number of anilines is 1. The Balaban J connectivity index is 1.53. The maximum atomic E-state index is 13.2. The average Bonchev–Trinajstić information content (AvgIpc) is 3.45. The second kappa shape index (κ2) is 8.85. The fourth-order valence-electron chi connectivity index (χ4n) is 3.45. The summed E-state index contributed by atoms with van der Waals surface area (Å²) in [4.78, 5) is 24.0. The summed E-state index contributed by atoms with van der Waals surface area (Å²) >= 11 is 1.02. The molecular formula is C21H19FN4O4S2. The van der Waals surface area contributed by atoms with E-state index in [4.69, 9.17) is 0 Å². The monoisotopic (exact) mass is 474 g/mol. The molecule has 2 aromatic carbocycles. The van der Waals surface area contributed by atoms with E-state index in [1.165, 1.54) is 59.8 Å². The van der Waals surface area contributed by atoms with Gasteiger partial charge in [0.2, 0.25) is 15.0 Å². The summed E-state index contributed by atoms with van der Waals surface area (Å²) in [5.41, 5.74) is 0.843. The summed E-state index contributed by atoms with van der Waals surface area (Å²) in [6.07, 6.45) is 1.20. The quantitative estimate of drug-likeness (QED) is 0.546. The molecule has 166 valence electrons. The third-order valence-corrected chi connectivity index (χ3v) is 8.04. The van der Waals surface area contributed by atoms with Crippen LogP contribution in [0.1, 0.15) is 51.0 Å². The molecule has 0 unspecified atom stereocenters. The van der Waals surface area contributed by atoms with Gasteiger partial charge in [-0.3, -0.25) is 9.59 Å². The maximum Gasteiger partial charge on any atom is 0.286 e. The molecule has 1 aliphatic heterocycles. The summed E-state index contributed by atoms with van der Waals surface area (Å²) in [5, 5.41) is 11.1. The zero-order valence-corrected chi connectivity index (χ0v) is 18.6. The topological polar surface area (TPSA) is 109 Å². The van der Waals surface area contributed by atoms with Gasteiger partial charge in [0.25, 0.3) is 5.91 Å². The Hall–Kier alpha value is -3.02. The SMILES string of the molecule is CC(=O)c1ccc(S(=O)(=O)N2CCC[C@H]2c2nnc(C(=O)Nc3ccc(F)cc3)s2)cc1. The van der Waals surface area contributed by atoms with E-state index in [1.807, 2.05) is 0 Å². The van der Waals surface area contributed by atoms with Crippen molar-refractivity contribution in [2.75, 3.05) is 11.9 Å². The lowest BCUT2D eigenvalue weighted by molar-refractivity contribution is 0.101. The van der Waals surface area contributed by atoms with Crippen molar-refractivity contribution in [2.45, 2.75) is 30.7 Å². The minimum absolute atomic E-state index is 0.0828. The second-order valence-electron chi connectivity index (χ2n) is 7.26. The minimum atomic E-state index is -3.82. The summed E-state index contributed by atoms with van der Waals surface area (Å²) in [6.45, 7) is 1.73. The van der Waals surface area contributed by atoms with Gasteiger partial charge >= 0.3 is 0 Å². The molecule has 0 aliphatic carbocycles. The van der Waals surface area contributed by atoms with Gasteiger partial charge in [0.1, 0.15) is 10.8 Å². The van der Waals surface area contributed by atoms with Gasteiger partial charge in [0.05, 0.1) is 10.9 Å². The molecule has 0 saturated carbocycles. The molecule has 32 heavy (non-hydrogen) atoms. The van der Waals surface area contributed by atoms with E-state index < -0.39 is 27.8 Å². The van der Waals surface area contributed by atoms with Gasteiger partial charge in [0, 0.05) is 17.8 Å². The molecule has 4 rings (SSSR count). The summed E-state index contributed by atoms with van der Waals surface area (Å²) in [5.74, 6) is -1.07. The number of sulfonamides is 1. The molecule has 1 N–H and O–H groups in total. The lowest BCUT2D eigenvalue weighted by Gasteiger charge is -2.22. The van der Waals surface area contributed by atoms with Crippen LogP contribution >= 0.6 is 11.3 Å². The Morgan fingerprint density at radius 3 is 2.44 bits per heavy atom. The number of carbonyl (C=O) groups excluding carboxylic acids is 2. The van der Waals surface area contributed by atoms with Crippen LogP contribution < -0.4 is 5.32 Å². The zero-order valence-electron chi connectivity index (χ0n) is 17.0. The number of carbonyl (C=O) groups is 2. The molecule has 11 heteroatoms. The van der Waals surface area contributed by atoms with E-state index in [9.17, 15) is 22.4 Å². The summed E-state index contributed by atoms with van der Waals surface area (Å²) in [7, 11) is -3.82. The summed E-state index contributed by atoms with van der Waals surface area (Å²) < 4.78 is 40.8. The van der Waals surface area contributed by atoms with Crippen LogP contribution in [0.5, 0.6) is 0 Å². The fraction of sp³-hybridized carbons (Fsp3) is 0.238. The van der Waals surface area contributed by atoms with Crippen LogP contribution in [0.4, 0.5) is 10.1 Å². The number of ketones is 1. The van der Waals surface area contributed by atoms with Crippen LogP contribution in [0, 0.1) is 5.82 Å². The highest BCUT2D eigenvalue weighted by atomic mass is 32.2. The van der Waals surface area contributed by atoms with Crippen molar-refractivity contribution in [2.24, 2.45) is 0 Å².